The molecule has 0 unspecified atom stereocenters. The molecule has 2 aromatic rings. The maximum absolute atomic E-state index is 10.9. The second kappa shape index (κ2) is 5.68. The van der Waals surface area contributed by atoms with Crippen LogP contribution in [-0.4, -0.2) is 14.9 Å². The van der Waals surface area contributed by atoms with Gasteiger partial charge in [0, 0.05) is 44.2 Å². The number of hydrogen-bond donors (Lipinski definition) is 3. The van der Waals surface area contributed by atoms with Gasteiger partial charge in [-0.1, -0.05) is 35.9 Å². The summed E-state index contributed by atoms with van der Waals surface area (Å²) in [6.07, 6.45) is 0. The molecule has 0 amide bonds. The molecule has 0 aliphatic carbocycles. The molecule has 2 rings (SSSR count). The molecule has 3 N–H and O–H groups in total. The summed E-state index contributed by atoms with van der Waals surface area (Å²) >= 11 is 0. The zero-order valence-corrected chi connectivity index (χ0v) is 13.2. The molecule has 7 heteroatoms. The van der Waals surface area contributed by atoms with Crippen molar-refractivity contribution in [1.82, 2.24) is 0 Å². The minimum atomic E-state index is -4.64. The predicted molar refractivity (Wildman–Crippen MR) is 61.9 cm³/mol. The Kier molecular flexibility index (Phi) is 4.93. The smallest absolute Gasteiger partial charge is 0.512 e. The Balaban J connectivity index is 0.00000162. The Morgan fingerprint density at radius 3 is 2.33 bits per heavy atom. The molecule has 0 aliphatic rings. The van der Waals surface area contributed by atoms with Gasteiger partial charge in [0.25, 0.3) is 0 Å². The molecule has 0 fully saturated rings. The molecule has 0 aliphatic heterocycles. The minimum Gasteiger partial charge on any atom is -0.533 e. The number of phenolic OH excluding ortho intramolecular Hbond substituents is 1. The molecule has 93 valence electrons. The molecule has 0 saturated heterocycles. The van der Waals surface area contributed by atoms with E-state index < -0.39 is 7.82 Å². The van der Waals surface area contributed by atoms with Gasteiger partial charge in [-0.25, -0.2) is 4.57 Å². The van der Waals surface area contributed by atoms with Gasteiger partial charge >= 0.3 is 7.82 Å². The first-order chi connectivity index (χ1) is 7.88. The standard InChI is InChI=1S/C11H10O5P.Y/c1-7-6-10(12)8-4-2-3-5-9(8)11(7)16-17(13,14)15;/h2-5,12H,1H3,(H2,13,14,15);/q-1;. The van der Waals surface area contributed by atoms with Gasteiger partial charge in [0.15, 0.2) is 0 Å². The van der Waals surface area contributed by atoms with Gasteiger partial charge in [-0.2, -0.15) is 0 Å². The minimum absolute atomic E-state index is 0. The molecule has 2 aromatic carbocycles. The van der Waals surface area contributed by atoms with Crippen molar-refractivity contribution in [1.29, 1.82) is 0 Å². The molecule has 18 heavy (non-hydrogen) atoms. The fourth-order valence-electron chi connectivity index (χ4n) is 1.63. The summed E-state index contributed by atoms with van der Waals surface area (Å²) in [4.78, 5) is 17.7. The Labute approximate surface area is 129 Å². The van der Waals surface area contributed by atoms with Gasteiger partial charge in [0.2, 0.25) is 0 Å². The van der Waals surface area contributed by atoms with E-state index in [0.717, 1.165) is 0 Å². The van der Waals surface area contributed by atoms with Crippen LogP contribution in [0, 0.1) is 13.0 Å². The number of aromatic hydroxyl groups is 1. The second-order valence-corrected chi connectivity index (χ2v) is 4.72. The number of phosphoric ester groups is 1. The summed E-state index contributed by atoms with van der Waals surface area (Å²) in [5.74, 6) is -0.0390. The molecule has 0 saturated carbocycles. The summed E-state index contributed by atoms with van der Waals surface area (Å²) in [6.45, 7) is 1.55. The number of aryl methyl sites for hydroxylation is 1. The van der Waals surface area contributed by atoms with Crippen molar-refractivity contribution < 1.29 is 56.7 Å². The van der Waals surface area contributed by atoms with Crippen LogP contribution in [0.3, 0.4) is 0 Å². The van der Waals surface area contributed by atoms with Gasteiger partial charge in [0.05, 0.1) is 0 Å². The molecule has 0 spiro atoms. The van der Waals surface area contributed by atoms with E-state index in [0.29, 0.717) is 16.3 Å². The second-order valence-electron chi connectivity index (χ2n) is 3.56. The summed E-state index contributed by atoms with van der Waals surface area (Å²) in [5.41, 5.74) is 0.338. The molecule has 1 radical (unpaired) electrons. The van der Waals surface area contributed by atoms with Gasteiger partial charge in [-0.15, -0.1) is 17.7 Å². The van der Waals surface area contributed by atoms with E-state index in [2.05, 4.69) is 10.6 Å². The zero-order valence-electron chi connectivity index (χ0n) is 9.49. The molecule has 0 heterocycles. The van der Waals surface area contributed by atoms with E-state index in [1.807, 2.05) is 0 Å². The average Bonchev–Trinajstić information content (AvgIpc) is 2.23. The molecule has 0 aromatic heterocycles. The van der Waals surface area contributed by atoms with E-state index in [4.69, 9.17) is 9.79 Å². The first-order valence-electron chi connectivity index (χ1n) is 4.77. The SMILES string of the molecule is Cc1[c-]c(O)c2ccccc2c1OP(=O)(O)O.[Y]. The third-order valence-electron chi connectivity index (χ3n) is 2.28. The molecule has 0 atom stereocenters. The van der Waals surface area contributed by atoms with Crippen LogP contribution in [0.5, 0.6) is 11.5 Å². The van der Waals surface area contributed by atoms with E-state index in [-0.39, 0.29) is 44.2 Å². The topological polar surface area (TPSA) is 87.0 Å². The van der Waals surface area contributed by atoms with Crippen LogP contribution in [0.1, 0.15) is 5.56 Å². The fourth-order valence-corrected chi connectivity index (χ4v) is 2.10. The van der Waals surface area contributed by atoms with Crippen molar-refractivity contribution in [3.05, 3.63) is 35.9 Å². The zero-order chi connectivity index (χ0) is 12.6. The molecular formula is C11H10O5PY-. The Hall–Kier alpha value is -0.446. The third kappa shape index (κ3) is 3.31. The summed E-state index contributed by atoms with van der Waals surface area (Å²) in [7, 11) is -4.64. The van der Waals surface area contributed by atoms with Crippen molar-refractivity contribution in [2.45, 2.75) is 6.92 Å². The normalized spacial score (nSPS) is 11.1. The first-order valence-corrected chi connectivity index (χ1v) is 6.30. The van der Waals surface area contributed by atoms with Crippen molar-refractivity contribution in [3.63, 3.8) is 0 Å². The van der Waals surface area contributed by atoms with E-state index in [9.17, 15) is 9.67 Å². The number of benzene rings is 2. The monoisotopic (exact) mass is 342 g/mol. The van der Waals surface area contributed by atoms with Crippen LogP contribution in [0.4, 0.5) is 0 Å². The first kappa shape index (κ1) is 15.6. The molecule has 0 bridgehead atoms. The van der Waals surface area contributed by atoms with Gasteiger partial charge < -0.3 is 9.63 Å². The Morgan fingerprint density at radius 2 is 1.78 bits per heavy atom. The largest absolute Gasteiger partial charge is 0.533 e. The van der Waals surface area contributed by atoms with Crippen LogP contribution in [0.2, 0.25) is 0 Å². The summed E-state index contributed by atoms with van der Waals surface area (Å²) in [6, 6.07) is 9.21. The number of phosphoric acid groups is 1. The van der Waals surface area contributed by atoms with Crippen molar-refractivity contribution in [3.8, 4) is 11.5 Å². The number of fused-ring (bicyclic) bond motifs is 1. The fraction of sp³-hybridized carbons (Fsp3) is 0.0909. The van der Waals surface area contributed by atoms with E-state index >= 15 is 0 Å². The number of phenols is 1. The molecule has 5 nitrogen and oxygen atoms in total. The number of rotatable bonds is 2. The van der Waals surface area contributed by atoms with Gasteiger partial charge in [0.1, 0.15) is 0 Å². The van der Waals surface area contributed by atoms with Crippen LogP contribution in [-0.2, 0) is 37.3 Å². The van der Waals surface area contributed by atoms with Crippen LogP contribution < -0.4 is 4.52 Å². The van der Waals surface area contributed by atoms with Crippen LogP contribution in [0.25, 0.3) is 10.8 Å². The van der Waals surface area contributed by atoms with E-state index in [1.54, 1.807) is 31.2 Å². The van der Waals surface area contributed by atoms with Crippen molar-refractivity contribution >= 4 is 18.6 Å². The third-order valence-corrected chi connectivity index (χ3v) is 2.70. The average molecular weight is 342 g/mol. The Bertz CT molecular complexity index is 622. The van der Waals surface area contributed by atoms with Crippen LogP contribution >= 0.6 is 7.82 Å². The maximum atomic E-state index is 10.9. The van der Waals surface area contributed by atoms with Crippen molar-refractivity contribution in [2.75, 3.05) is 0 Å². The number of hydrogen-bond acceptors (Lipinski definition) is 3. The maximum Gasteiger partial charge on any atom is 0.512 e. The van der Waals surface area contributed by atoms with Crippen molar-refractivity contribution in [2.24, 2.45) is 0 Å². The summed E-state index contributed by atoms with van der Waals surface area (Å²) < 4.78 is 15.5. The van der Waals surface area contributed by atoms with Gasteiger partial charge in [-0.3, -0.25) is 9.79 Å². The van der Waals surface area contributed by atoms with Gasteiger partial charge in [-0.05, 0) is 0 Å². The summed E-state index contributed by atoms with van der Waals surface area (Å²) in [5, 5.41) is 10.5. The molecular weight excluding hydrogens is 332 g/mol. The van der Waals surface area contributed by atoms with E-state index in [1.165, 1.54) is 0 Å². The van der Waals surface area contributed by atoms with Crippen LogP contribution in [0.15, 0.2) is 24.3 Å². The quantitative estimate of drug-likeness (QED) is 0.575. The predicted octanol–water partition coefficient (Wildman–Crippen LogP) is 2.12. The Morgan fingerprint density at radius 1 is 1.22 bits per heavy atom.